The number of nitrogens with zero attached hydrogens (tertiary/aromatic N) is 1. The Morgan fingerprint density at radius 1 is 1.39 bits per heavy atom. The molecule has 0 atom stereocenters. The van der Waals surface area contributed by atoms with Crippen molar-refractivity contribution in [3.8, 4) is 17.0 Å². The van der Waals surface area contributed by atoms with Gasteiger partial charge in [0.2, 0.25) is 0 Å². The number of nitrogen functional groups attached to an aromatic ring is 1. The van der Waals surface area contributed by atoms with Gasteiger partial charge in [-0.2, -0.15) is 0 Å². The van der Waals surface area contributed by atoms with Gasteiger partial charge >= 0.3 is 5.69 Å². The summed E-state index contributed by atoms with van der Waals surface area (Å²) in [4.78, 5) is 17.2. The molecule has 2 heterocycles. The largest absolute Gasteiger partial charge is 0.506 e. The Morgan fingerprint density at radius 2 is 2.17 bits per heavy atom. The molecule has 0 saturated heterocycles. The van der Waals surface area contributed by atoms with Crippen LogP contribution in [0.5, 0.6) is 5.75 Å². The molecular formula is C12H12N4O2. The third-order valence-corrected chi connectivity index (χ3v) is 3.12. The number of aromatic nitrogens is 3. The van der Waals surface area contributed by atoms with Crippen LogP contribution < -0.4 is 11.4 Å². The van der Waals surface area contributed by atoms with E-state index < -0.39 is 0 Å². The Labute approximate surface area is 102 Å². The van der Waals surface area contributed by atoms with Crippen molar-refractivity contribution in [1.82, 2.24) is 14.5 Å². The molecule has 0 aliphatic carbocycles. The minimum atomic E-state index is -0.267. The second-order valence-corrected chi connectivity index (χ2v) is 4.15. The fourth-order valence-corrected chi connectivity index (χ4v) is 2.08. The van der Waals surface area contributed by atoms with Crippen LogP contribution in [0.1, 0.15) is 0 Å². The maximum absolute atomic E-state index is 11.5. The molecule has 0 radical (unpaired) electrons. The van der Waals surface area contributed by atoms with Gasteiger partial charge in [-0.15, -0.1) is 0 Å². The van der Waals surface area contributed by atoms with Gasteiger partial charge in [0.25, 0.3) is 0 Å². The standard InChI is InChI=1S/C12H12N4O2/c1-16-11(13)10(15-12(16)18)7-5-14-9-6(7)3-2-4-8(9)17/h2-5,14,17H,13H2,1H3,(H,15,18). The van der Waals surface area contributed by atoms with E-state index in [4.69, 9.17) is 5.73 Å². The Hall–Kier alpha value is -2.63. The highest BCUT2D eigenvalue weighted by Gasteiger charge is 2.15. The lowest BCUT2D eigenvalue weighted by atomic mass is 10.1. The maximum atomic E-state index is 11.5. The van der Waals surface area contributed by atoms with Gasteiger partial charge in [0, 0.05) is 24.2 Å². The minimum Gasteiger partial charge on any atom is -0.506 e. The Balaban J connectivity index is 2.36. The summed E-state index contributed by atoms with van der Waals surface area (Å²) in [5.74, 6) is 0.528. The number of imidazole rings is 1. The third kappa shape index (κ3) is 1.26. The third-order valence-electron chi connectivity index (χ3n) is 3.12. The smallest absolute Gasteiger partial charge is 0.327 e. The molecule has 0 saturated carbocycles. The van der Waals surface area contributed by atoms with E-state index in [9.17, 15) is 9.90 Å². The molecule has 3 rings (SSSR count). The summed E-state index contributed by atoms with van der Waals surface area (Å²) in [7, 11) is 1.60. The molecule has 92 valence electrons. The number of fused-ring (bicyclic) bond motifs is 1. The number of hydrogen-bond acceptors (Lipinski definition) is 3. The summed E-state index contributed by atoms with van der Waals surface area (Å²) in [5.41, 5.74) is 7.55. The number of aromatic amines is 2. The number of nitrogens with two attached hydrogens (primary N) is 1. The monoisotopic (exact) mass is 244 g/mol. The van der Waals surface area contributed by atoms with Gasteiger partial charge in [0.15, 0.2) is 0 Å². The molecule has 0 unspecified atom stereocenters. The Kier molecular flexibility index (Phi) is 2.00. The van der Waals surface area contributed by atoms with Crippen LogP contribution in [0.2, 0.25) is 0 Å². The maximum Gasteiger partial charge on any atom is 0.327 e. The number of H-pyrrole nitrogens is 2. The van der Waals surface area contributed by atoms with Crippen molar-refractivity contribution in [2.75, 3.05) is 5.73 Å². The average Bonchev–Trinajstić information content (AvgIpc) is 2.88. The number of rotatable bonds is 1. The first kappa shape index (κ1) is 10.5. The van der Waals surface area contributed by atoms with E-state index in [2.05, 4.69) is 9.97 Å². The second-order valence-electron chi connectivity index (χ2n) is 4.15. The van der Waals surface area contributed by atoms with Crippen molar-refractivity contribution >= 4 is 16.7 Å². The lowest BCUT2D eigenvalue weighted by Crippen LogP contribution is -2.13. The van der Waals surface area contributed by atoms with E-state index >= 15 is 0 Å². The summed E-state index contributed by atoms with van der Waals surface area (Å²) in [6, 6.07) is 5.19. The zero-order valence-electron chi connectivity index (χ0n) is 9.69. The number of phenolic OH excluding ortho intramolecular Hbond substituents is 1. The second kappa shape index (κ2) is 3.43. The molecule has 6 nitrogen and oxygen atoms in total. The molecule has 0 amide bonds. The van der Waals surface area contributed by atoms with Crippen LogP contribution in [0.25, 0.3) is 22.2 Å². The number of nitrogens with one attached hydrogen (secondary N) is 2. The molecular weight excluding hydrogens is 232 g/mol. The predicted molar refractivity (Wildman–Crippen MR) is 69.4 cm³/mol. The van der Waals surface area contributed by atoms with Gasteiger partial charge in [0.1, 0.15) is 11.6 Å². The first-order chi connectivity index (χ1) is 8.59. The zero-order chi connectivity index (χ0) is 12.9. The van der Waals surface area contributed by atoms with Crippen LogP contribution in [0.3, 0.4) is 0 Å². The molecule has 18 heavy (non-hydrogen) atoms. The number of anilines is 1. The van der Waals surface area contributed by atoms with E-state index in [1.165, 1.54) is 4.57 Å². The van der Waals surface area contributed by atoms with Crippen molar-refractivity contribution in [3.05, 3.63) is 34.9 Å². The fraction of sp³-hybridized carbons (Fsp3) is 0.0833. The molecule has 5 N–H and O–H groups in total. The lowest BCUT2D eigenvalue weighted by Gasteiger charge is -1.99. The van der Waals surface area contributed by atoms with Gasteiger partial charge in [0.05, 0.1) is 11.2 Å². The molecule has 0 aliphatic rings. The van der Waals surface area contributed by atoms with E-state index in [0.717, 1.165) is 10.9 Å². The molecule has 2 aromatic heterocycles. The van der Waals surface area contributed by atoms with Crippen molar-refractivity contribution < 1.29 is 5.11 Å². The van der Waals surface area contributed by atoms with E-state index in [0.29, 0.717) is 17.0 Å². The molecule has 1 aromatic carbocycles. The first-order valence-corrected chi connectivity index (χ1v) is 5.43. The SMILES string of the molecule is Cn1c(N)c(-c2c[nH]c3c(O)cccc23)[nH]c1=O. The van der Waals surface area contributed by atoms with Crippen LogP contribution in [-0.2, 0) is 7.05 Å². The molecule has 3 aromatic rings. The van der Waals surface area contributed by atoms with Crippen molar-refractivity contribution in [2.24, 2.45) is 7.05 Å². The highest BCUT2D eigenvalue weighted by Crippen LogP contribution is 2.33. The van der Waals surface area contributed by atoms with Crippen LogP contribution in [0, 0.1) is 0 Å². The van der Waals surface area contributed by atoms with Crippen LogP contribution in [0.4, 0.5) is 5.82 Å². The summed E-state index contributed by atoms with van der Waals surface area (Å²) in [6.45, 7) is 0. The van der Waals surface area contributed by atoms with Crippen molar-refractivity contribution in [3.63, 3.8) is 0 Å². The summed E-state index contributed by atoms with van der Waals surface area (Å²) >= 11 is 0. The van der Waals surface area contributed by atoms with Gasteiger partial charge in [-0.25, -0.2) is 4.79 Å². The van der Waals surface area contributed by atoms with E-state index in [-0.39, 0.29) is 11.4 Å². The number of para-hydroxylation sites is 1. The zero-order valence-corrected chi connectivity index (χ0v) is 9.69. The molecule has 0 fully saturated rings. The normalized spacial score (nSPS) is 11.2. The first-order valence-electron chi connectivity index (χ1n) is 5.43. The summed E-state index contributed by atoms with van der Waals surface area (Å²) in [5, 5.41) is 10.5. The van der Waals surface area contributed by atoms with Gasteiger partial charge in [-0.3, -0.25) is 4.57 Å². The summed E-state index contributed by atoms with van der Waals surface area (Å²) in [6.07, 6.45) is 1.71. The number of hydrogen-bond donors (Lipinski definition) is 4. The molecule has 6 heteroatoms. The summed E-state index contributed by atoms with van der Waals surface area (Å²) < 4.78 is 1.34. The molecule has 0 bridgehead atoms. The van der Waals surface area contributed by atoms with Crippen LogP contribution >= 0.6 is 0 Å². The minimum absolute atomic E-state index is 0.163. The Bertz CT molecular complexity index is 794. The van der Waals surface area contributed by atoms with Gasteiger partial charge < -0.3 is 20.8 Å². The van der Waals surface area contributed by atoms with E-state index in [1.807, 2.05) is 6.07 Å². The highest BCUT2D eigenvalue weighted by atomic mass is 16.3. The van der Waals surface area contributed by atoms with Crippen LogP contribution in [0.15, 0.2) is 29.2 Å². The number of phenols is 1. The van der Waals surface area contributed by atoms with Gasteiger partial charge in [-0.1, -0.05) is 12.1 Å². The lowest BCUT2D eigenvalue weighted by molar-refractivity contribution is 0.480. The average molecular weight is 244 g/mol. The quantitative estimate of drug-likeness (QED) is 0.516. The molecule has 0 aliphatic heterocycles. The van der Waals surface area contributed by atoms with Crippen molar-refractivity contribution in [1.29, 1.82) is 0 Å². The predicted octanol–water partition coefficient (Wildman–Crippen LogP) is 1.15. The highest BCUT2D eigenvalue weighted by molar-refractivity contribution is 5.99. The van der Waals surface area contributed by atoms with Gasteiger partial charge in [-0.05, 0) is 6.07 Å². The Morgan fingerprint density at radius 3 is 2.83 bits per heavy atom. The topological polar surface area (TPSA) is 99.8 Å². The van der Waals surface area contributed by atoms with E-state index in [1.54, 1.807) is 25.4 Å². The fourth-order valence-electron chi connectivity index (χ4n) is 2.08. The number of aromatic hydroxyl groups is 1. The van der Waals surface area contributed by atoms with Crippen LogP contribution in [-0.4, -0.2) is 19.6 Å². The van der Waals surface area contributed by atoms with Crippen molar-refractivity contribution in [2.45, 2.75) is 0 Å². The molecule has 0 spiro atoms. The number of benzene rings is 1.